The topological polar surface area (TPSA) is 73.9 Å². The van der Waals surface area contributed by atoms with Gasteiger partial charge in [0.25, 0.3) is 0 Å². The molecule has 1 aliphatic heterocycles. The lowest BCUT2D eigenvalue weighted by atomic mass is 10.1. The molecule has 2 N–H and O–H groups in total. The fourth-order valence-corrected chi connectivity index (χ4v) is 2.12. The fourth-order valence-electron chi connectivity index (χ4n) is 2.12. The zero-order valence-electron chi connectivity index (χ0n) is 12.6. The maximum absolute atomic E-state index is 12.1. The number of nitrogens with zero attached hydrogens (tertiary/aromatic N) is 1. The molecule has 0 radical (unpaired) electrons. The van der Waals surface area contributed by atoms with Crippen molar-refractivity contribution in [3.8, 4) is 5.75 Å². The van der Waals surface area contributed by atoms with Crippen LogP contribution in [0.15, 0.2) is 59.8 Å². The van der Waals surface area contributed by atoms with Crippen LogP contribution in [-0.4, -0.2) is 17.9 Å². The summed E-state index contributed by atoms with van der Waals surface area (Å²) in [5.74, 6) is 0.516. The zero-order valence-corrected chi connectivity index (χ0v) is 12.6. The van der Waals surface area contributed by atoms with Gasteiger partial charge < -0.3 is 15.2 Å². The normalized spacial score (nSPS) is 16.4. The predicted molar refractivity (Wildman–Crippen MR) is 88.7 cm³/mol. The van der Waals surface area contributed by atoms with Crippen LogP contribution in [0.3, 0.4) is 0 Å². The van der Waals surface area contributed by atoms with Crippen LogP contribution in [0.2, 0.25) is 0 Å². The second kappa shape index (κ2) is 6.36. The Labute approximate surface area is 134 Å². The summed E-state index contributed by atoms with van der Waals surface area (Å²) in [5, 5.41) is 0. The van der Waals surface area contributed by atoms with Crippen LogP contribution in [0, 0.1) is 0 Å². The minimum atomic E-state index is -0.465. The number of aliphatic imine (C=N–C) groups is 1. The molecule has 2 aromatic rings. The molecule has 0 saturated heterocycles. The van der Waals surface area contributed by atoms with Crippen molar-refractivity contribution < 1.29 is 14.3 Å². The van der Waals surface area contributed by atoms with Crippen molar-refractivity contribution in [3.05, 3.63) is 65.9 Å². The van der Waals surface area contributed by atoms with Gasteiger partial charge in [0.2, 0.25) is 0 Å². The Kier molecular flexibility index (Phi) is 4.10. The summed E-state index contributed by atoms with van der Waals surface area (Å²) in [4.78, 5) is 16.3. The summed E-state index contributed by atoms with van der Waals surface area (Å²) < 4.78 is 10.7. The third-order valence-electron chi connectivity index (χ3n) is 3.40. The predicted octanol–water partition coefficient (Wildman–Crippen LogP) is 3.28. The van der Waals surface area contributed by atoms with Gasteiger partial charge in [-0.2, -0.15) is 0 Å². The summed E-state index contributed by atoms with van der Waals surface area (Å²) in [6, 6.07) is 14.5. The minimum Gasteiger partial charge on any atom is -0.481 e. The van der Waals surface area contributed by atoms with E-state index in [-0.39, 0.29) is 6.10 Å². The first-order valence-electron chi connectivity index (χ1n) is 7.21. The van der Waals surface area contributed by atoms with Gasteiger partial charge in [-0.15, -0.1) is 0 Å². The highest BCUT2D eigenvalue weighted by Gasteiger charge is 2.19. The lowest BCUT2D eigenvalue weighted by Gasteiger charge is -2.20. The molecule has 23 heavy (non-hydrogen) atoms. The molecule has 5 nitrogen and oxygen atoms in total. The van der Waals surface area contributed by atoms with E-state index in [4.69, 9.17) is 15.2 Å². The van der Waals surface area contributed by atoms with Gasteiger partial charge in [-0.3, -0.25) is 0 Å². The first-order chi connectivity index (χ1) is 11.1. The number of rotatable bonds is 3. The monoisotopic (exact) mass is 308 g/mol. The summed E-state index contributed by atoms with van der Waals surface area (Å²) >= 11 is 0. The maximum Gasteiger partial charge on any atom is 0.343 e. The van der Waals surface area contributed by atoms with Gasteiger partial charge in [0.1, 0.15) is 17.3 Å². The van der Waals surface area contributed by atoms with E-state index in [1.807, 2.05) is 37.3 Å². The molecule has 1 aliphatic rings. The van der Waals surface area contributed by atoms with Gasteiger partial charge in [0.05, 0.1) is 11.8 Å². The number of nitrogens with two attached hydrogens (primary N) is 1. The molecular formula is C18H16N2O3. The molecule has 1 heterocycles. The maximum atomic E-state index is 12.1. The quantitative estimate of drug-likeness (QED) is 0.697. The largest absolute Gasteiger partial charge is 0.481 e. The van der Waals surface area contributed by atoms with E-state index in [2.05, 4.69) is 4.99 Å². The Morgan fingerprint density at radius 3 is 2.83 bits per heavy atom. The van der Waals surface area contributed by atoms with Crippen LogP contribution < -0.4 is 10.5 Å². The van der Waals surface area contributed by atoms with Gasteiger partial charge in [-0.05, 0) is 36.8 Å². The van der Waals surface area contributed by atoms with Crippen molar-refractivity contribution in [3.63, 3.8) is 0 Å². The molecule has 1 atom stereocenters. The number of esters is 1. The highest BCUT2D eigenvalue weighted by atomic mass is 16.5. The average molecular weight is 308 g/mol. The van der Waals surface area contributed by atoms with Crippen LogP contribution in [0.5, 0.6) is 5.75 Å². The molecule has 3 rings (SSSR count). The molecule has 0 aliphatic carbocycles. The Balaban J connectivity index is 1.72. The van der Waals surface area contributed by atoms with Gasteiger partial charge >= 0.3 is 5.97 Å². The lowest BCUT2D eigenvalue weighted by molar-refractivity contribution is 0.0665. The first kappa shape index (κ1) is 14.8. The fraction of sp³-hybridized carbons (Fsp3) is 0.111. The van der Waals surface area contributed by atoms with E-state index >= 15 is 0 Å². The Bertz CT molecular complexity index is 782. The van der Waals surface area contributed by atoms with Crippen molar-refractivity contribution in [2.45, 2.75) is 13.0 Å². The number of hydrogen-bond donors (Lipinski definition) is 1. The minimum absolute atomic E-state index is 0.269. The number of benzene rings is 2. The molecule has 0 saturated carbocycles. The molecule has 0 bridgehead atoms. The van der Waals surface area contributed by atoms with Crippen LogP contribution >= 0.6 is 0 Å². The molecule has 116 valence electrons. The molecule has 0 aromatic heterocycles. The number of ether oxygens (including phenoxy) is 2. The van der Waals surface area contributed by atoms with Crippen molar-refractivity contribution in [2.24, 2.45) is 10.7 Å². The van der Waals surface area contributed by atoms with Gasteiger partial charge in [-0.1, -0.05) is 30.3 Å². The third kappa shape index (κ3) is 3.40. The molecule has 0 amide bonds. The van der Waals surface area contributed by atoms with Gasteiger partial charge in [-0.25, -0.2) is 9.79 Å². The van der Waals surface area contributed by atoms with E-state index in [9.17, 15) is 4.79 Å². The number of carbonyl (C=O) groups excluding carboxylic acids is 1. The molecular weight excluding hydrogens is 292 g/mol. The Morgan fingerprint density at radius 1 is 1.26 bits per heavy atom. The van der Waals surface area contributed by atoms with Crippen molar-refractivity contribution >= 4 is 23.6 Å². The highest BCUT2D eigenvalue weighted by Crippen LogP contribution is 2.32. The van der Waals surface area contributed by atoms with Crippen molar-refractivity contribution in [1.29, 1.82) is 0 Å². The standard InChI is InChI=1S/C18H16N2O3/c1-12-17(19)20-15-11-14(7-8-16(15)23-12)18(21)22-10-9-13-5-3-2-4-6-13/h2-12H,1H3,(H2,19,20). The second-order valence-electron chi connectivity index (χ2n) is 5.10. The average Bonchev–Trinajstić information content (AvgIpc) is 2.56. The molecule has 5 heteroatoms. The number of fused-ring (bicyclic) bond motifs is 1. The van der Waals surface area contributed by atoms with E-state index in [0.717, 1.165) is 5.56 Å². The number of hydrogen-bond acceptors (Lipinski definition) is 5. The van der Waals surface area contributed by atoms with Gasteiger partial charge in [0, 0.05) is 0 Å². The van der Waals surface area contributed by atoms with Crippen molar-refractivity contribution in [2.75, 3.05) is 0 Å². The van der Waals surface area contributed by atoms with E-state index in [0.29, 0.717) is 22.8 Å². The molecule has 0 fully saturated rings. The highest BCUT2D eigenvalue weighted by molar-refractivity contribution is 5.94. The van der Waals surface area contributed by atoms with Gasteiger partial charge in [0.15, 0.2) is 6.10 Å². The Morgan fingerprint density at radius 2 is 2.04 bits per heavy atom. The zero-order chi connectivity index (χ0) is 16.2. The number of carbonyl (C=O) groups is 1. The summed E-state index contributed by atoms with van der Waals surface area (Å²) in [5.41, 5.74) is 7.63. The molecule has 0 spiro atoms. The summed E-state index contributed by atoms with van der Waals surface area (Å²) in [7, 11) is 0. The van der Waals surface area contributed by atoms with Crippen molar-refractivity contribution in [1.82, 2.24) is 0 Å². The SMILES string of the molecule is CC1Oc2ccc(C(=O)OC=Cc3ccccc3)cc2N=C1N. The smallest absolute Gasteiger partial charge is 0.343 e. The van der Waals surface area contributed by atoms with E-state index in [1.54, 1.807) is 24.3 Å². The first-order valence-corrected chi connectivity index (χ1v) is 7.21. The van der Waals surface area contributed by atoms with Crippen LogP contribution in [0.1, 0.15) is 22.8 Å². The number of amidine groups is 1. The van der Waals surface area contributed by atoms with Crippen LogP contribution in [-0.2, 0) is 4.74 Å². The van der Waals surface area contributed by atoms with E-state index in [1.165, 1.54) is 6.26 Å². The molecule has 2 aromatic carbocycles. The summed E-state index contributed by atoms with van der Waals surface area (Å²) in [6.07, 6.45) is 2.82. The van der Waals surface area contributed by atoms with Crippen LogP contribution in [0.25, 0.3) is 6.08 Å². The molecule has 1 unspecified atom stereocenters. The van der Waals surface area contributed by atoms with E-state index < -0.39 is 5.97 Å². The second-order valence-corrected chi connectivity index (χ2v) is 5.10. The Hall–Kier alpha value is -3.08. The lowest BCUT2D eigenvalue weighted by Crippen LogP contribution is -2.33. The van der Waals surface area contributed by atoms with Crippen LogP contribution in [0.4, 0.5) is 5.69 Å². The third-order valence-corrected chi connectivity index (χ3v) is 3.40. The summed E-state index contributed by atoms with van der Waals surface area (Å²) in [6.45, 7) is 1.82.